The summed E-state index contributed by atoms with van der Waals surface area (Å²) in [6, 6.07) is 13.0. The molecule has 1 amide bonds. The van der Waals surface area contributed by atoms with Crippen LogP contribution < -0.4 is 5.32 Å². The average molecular weight is 393 g/mol. The molecule has 1 atom stereocenters. The Balaban J connectivity index is 1.35. The molecule has 1 aliphatic rings. The molecule has 0 saturated heterocycles. The number of benzene rings is 2. The summed E-state index contributed by atoms with van der Waals surface area (Å²) in [6.07, 6.45) is 3.42. The van der Waals surface area contributed by atoms with Gasteiger partial charge in [-0.2, -0.15) is 4.98 Å². The van der Waals surface area contributed by atoms with E-state index in [1.807, 2.05) is 42.5 Å². The summed E-state index contributed by atoms with van der Waals surface area (Å²) >= 11 is 0. The Morgan fingerprint density at radius 2 is 1.97 bits per heavy atom. The van der Waals surface area contributed by atoms with Crippen molar-refractivity contribution in [3.63, 3.8) is 0 Å². The molecule has 29 heavy (non-hydrogen) atoms. The lowest BCUT2D eigenvalue weighted by Crippen LogP contribution is -2.30. The number of aromatic nitrogens is 2. The Labute approximate surface area is 168 Å². The van der Waals surface area contributed by atoms with Gasteiger partial charge in [-0.15, -0.1) is 0 Å². The maximum atomic E-state index is 12.4. The molecule has 0 spiro atoms. The van der Waals surface area contributed by atoms with Crippen molar-refractivity contribution in [3.8, 4) is 0 Å². The first kappa shape index (κ1) is 19.1. The maximum absolute atomic E-state index is 12.4. The van der Waals surface area contributed by atoms with E-state index in [-0.39, 0.29) is 18.7 Å². The molecule has 2 N–H and O–H groups in total. The van der Waals surface area contributed by atoms with Crippen LogP contribution in [0.25, 0.3) is 10.8 Å². The first-order chi connectivity index (χ1) is 14.1. The van der Waals surface area contributed by atoms with Crippen LogP contribution in [0, 0.1) is 0 Å². The molecule has 1 saturated carbocycles. The Morgan fingerprint density at radius 3 is 2.72 bits per heavy atom. The second-order valence-electron chi connectivity index (χ2n) is 7.50. The van der Waals surface area contributed by atoms with Crippen LogP contribution in [0.3, 0.4) is 0 Å². The fourth-order valence-corrected chi connectivity index (χ4v) is 3.39. The van der Waals surface area contributed by atoms with Crippen LogP contribution in [0.2, 0.25) is 0 Å². The Hall–Kier alpha value is -3.22. The van der Waals surface area contributed by atoms with Crippen LogP contribution in [0.1, 0.15) is 61.3 Å². The maximum Gasteiger partial charge on any atom is 0.305 e. The second-order valence-corrected chi connectivity index (χ2v) is 7.50. The Bertz CT molecular complexity index is 1030. The molecule has 3 aromatic rings. The van der Waals surface area contributed by atoms with E-state index in [1.54, 1.807) is 0 Å². The molecule has 7 heteroatoms. The monoisotopic (exact) mass is 393 g/mol. The number of nitrogens with one attached hydrogen (secondary N) is 1. The first-order valence-electron chi connectivity index (χ1n) is 9.91. The zero-order chi connectivity index (χ0) is 20.2. The summed E-state index contributed by atoms with van der Waals surface area (Å²) < 4.78 is 5.22. The Kier molecular flexibility index (Phi) is 5.55. The molecule has 150 valence electrons. The van der Waals surface area contributed by atoms with Crippen molar-refractivity contribution in [1.29, 1.82) is 0 Å². The summed E-state index contributed by atoms with van der Waals surface area (Å²) in [5.74, 6) is 0.612. The van der Waals surface area contributed by atoms with Crippen LogP contribution in [-0.4, -0.2) is 27.1 Å². The summed E-state index contributed by atoms with van der Waals surface area (Å²) in [7, 11) is 0. The molecule has 0 aliphatic heterocycles. The first-order valence-corrected chi connectivity index (χ1v) is 9.91. The van der Waals surface area contributed by atoms with Crippen molar-refractivity contribution >= 4 is 22.6 Å². The number of hydrogen-bond acceptors (Lipinski definition) is 5. The summed E-state index contributed by atoms with van der Waals surface area (Å²) in [5.41, 5.74) is 0.783. The third-order valence-electron chi connectivity index (χ3n) is 5.11. The second kappa shape index (κ2) is 8.43. The van der Waals surface area contributed by atoms with Crippen molar-refractivity contribution < 1.29 is 19.2 Å². The highest BCUT2D eigenvalue weighted by atomic mass is 16.5. The van der Waals surface area contributed by atoms with Crippen LogP contribution in [0.4, 0.5) is 0 Å². The van der Waals surface area contributed by atoms with Crippen LogP contribution in [0.15, 0.2) is 47.0 Å². The Morgan fingerprint density at radius 1 is 1.17 bits per heavy atom. The predicted molar refractivity (Wildman–Crippen MR) is 106 cm³/mol. The van der Waals surface area contributed by atoms with Gasteiger partial charge >= 0.3 is 5.97 Å². The average Bonchev–Trinajstić information content (AvgIpc) is 3.45. The number of aryl methyl sites for hydroxylation is 1. The number of aliphatic carboxylic acids is 1. The van der Waals surface area contributed by atoms with E-state index in [9.17, 15) is 14.7 Å². The van der Waals surface area contributed by atoms with E-state index < -0.39 is 12.0 Å². The van der Waals surface area contributed by atoms with Gasteiger partial charge in [-0.3, -0.25) is 9.59 Å². The van der Waals surface area contributed by atoms with Crippen molar-refractivity contribution in [2.45, 2.75) is 50.5 Å². The zero-order valence-corrected chi connectivity index (χ0v) is 16.0. The molecule has 0 radical (unpaired) electrons. The van der Waals surface area contributed by atoms with E-state index in [0.29, 0.717) is 24.7 Å². The molecule has 1 aromatic heterocycles. The van der Waals surface area contributed by atoms with Crippen LogP contribution >= 0.6 is 0 Å². The fourth-order valence-electron chi connectivity index (χ4n) is 3.39. The van der Waals surface area contributed by atoms with Gasteiger partial charge in [-0.1, -0.05) is 41.6 Å². The van der Waals surface area contributed by atoms with E-state index >= 15 is 0 Å². The molecular weight excluding hydrogens is 370 g/mol. The van der Waals surface area contributed by atoms with E-state index in [4.69, 9.17) is 4.52 Å². The highest BCUT2D eigenvalue weighted by Crippen LogP contribution is 2.38. The number of amides is 1. The van der Waals surface area contributed by atoms with E-state index in [1.165, 1.54) is 0 Å². The number of fused-ring (bicyclic) bond motifs is 1. The summed E-state index contributed by atoms with van der Waals surface area (Å²) in [4.78, 5) is 28.1. The van der Waals surface area contributed by atoms with Crippen molar-refractivity contribution in [3.05, 3.63) is 59.7 Å². The van der Waals surface area contributed by atoms with Crippen molar-refractivity contribution in [2.24, 2.45) is 0 Å². The summed E-state index contributed by atoms with van der Waals surface area (Å²) in [6.45, 7) is 0. The van der Waals surface area contributed by atoms with Gasteiger partial charge in [-0.05, 0) is 41.7 Å². The molecular formula is C22H23N3O4. The quantitative estimate of drug-likeness (QED) is 0.573. The van der Waals surface area contributed by atoms with Gasteiger partial charge in [0.2, 0.25) is 11.8 Å². The number of rotatable bonds is 9. The SMILES string of the molecule is O=C(O)C[C@H](NC(=O)CCCc1nc(C2CC2)no1)c1ccc2ccccc2c1. The molecule has 7 nitrogen and oxygen atoms in total. The normalized spacial score (nSPS) is 14.6. The van der Waals surface area contributed by atoms with Gasteiger partial charge in [0, 0.05) is 18.8 Å². The highest BCUT2D eigenvalue weighted by Gasteiger charge is 2.28. The molecule has 1 fully saturated rings. The van der Waals surface area contributed by atoms with E-state index in [2.05, 4.69) is 15.5 Å². The minimum atomic E-state index is -0.957. The lowest BCUT2D eigenvalue weighted by Gasteiger charge is -2.18. The molecule has 1 aliphatic carbocycles. The van der Waals surface area contributed by atoms with Gasteiger partial charge in [0.1, 0.15) is 0 Å². The van der Waals surface area contributed by atoms with Crippen LogP contribution in [0.5, 0.6) is 0 Å². The predicted octanol–water partition coefficient (Wildman–Crippen LogP) is 3.76. The lowest BCUT2D eigenvalue weighted by molar-refractivity contribution is -0.137. The smallest absolute Gasteiger partial charge is 0.305 e. The van der Waals surface area contributed by atoms with Gasteiger partial charge in [0.25, 0.3) is 0 Å². The molecule has 4 rings (SSSR count). The zero-order valence-electron chi connectivity index (χ0n) is 16.0. The van der Waals surface area contributed by atoms with Gasteiger partial charge < -0.3 is 14.9 Å². The number of carboxylic acid groups (broad SMARTS) is 1. The highest BCUT2D eigenvalue weighted by molar-refractivity contribution is 5.84. The molecule has 0 bridgehead atoms. The minimum absolute atomic E-state index is 0.168. The number of carbonyl (C=O) groups excluding carboxylic acids is 1. The van der Waals surface area contributed by atoms with Gasteiger partial charge in [-0.25, -0.2) is 0 Å². The molecule has 1 heterocycles. The van der Waals surface area contributed by atoms with Crippen molar-refractivity contribution in [2.75, 3.05) is 0 Å². The van der Waals surface area contributed by atoms with Gasteiger partial charge in [0.15, 0.2) is 5.82 Å². The number of hydrogen-bond donors (Lipinski definition) is 2. The van der Waals surface area contributed by atoms with Crippen molar-refractivity contribution in [1.82, 2.24) is 15.5 Å². The number of nitrogens with zero attached hydrogens (tertiary/aromatic N) is 2. The molecule has 0 unspecified atom stereocenters. The standard InChI is InChI=1S/C22H23N3O4/c26-19(6-3-7-20-24-22(25-29-20)15-9-10-15)23-18(13-21(27)28)17-11-8-14-4-1-2-5-16(14)12-17/h1-2,4-5,8,11-12,15,18H,3,6-7,9-10,13H2,(H,23,26)(H,27,28)/t18-/m0/s1. The fraction of sp³-hybridized carbons (Fsp3) is 0.364. The van der Waals surface area contributed by atoms with E-state index in [0.717, 1.165) is 35.0 Å². The largest absolute Gasteiger partial charge is 0.481 e. The third-order valence-corrected chi connectivity index (χ3v) is 5.11. The summed E-state index contributed by atoms with van der Waals surface area (Å²) in [5, 5.41) is 18.2. The minimum Gasteiger partial charge on any atom is -0.481 e. The number of carboxylic acids is 1. The van der Waals surface area contributed by atoms with Gasteiger partial charge in [0.05, 0.1) is 12.5 Å². The lowest BCUT2D eigenvalue weighted by atomic mass is 9.99. The topological polar surface area (TPSA) is 105 Å². The molecule has 2 aromatic carbocycles. The number of carbonyl (C=O) groups is 2. The van der Waals surface area contributed by atoms with Crippen LogP contribution in [-0.2, 0) is 16.0 Å². The third kappa shape index (κ3) is 4.99.